The minimum absolute atomic E-state index is 0.0878. The Morgan fingerprint density at radius 3 is 2.47 bits per heavy atom. The predicted octanol–water partition coefficient (Wildman–Crippen LogP) is 1.53. The van der Waals surface area contributed by atoms with Crippen molar-refractivity contribution in [2.45, 2.75) is 44.2 Å². The third-order valence-electron chi connectivity index (χ3n) is 5.35. The molecule has 4 N–H and O–H groups in total. The summed E-state index contributed by atoms with van der Waals surface area (Å²) in [4.78, 5) is 38.9. The van der Waals surface area contributed by atoms with Gasteiger partial charge in [-0.05, 0) is 42.5 Å². The summed E-state index contributed by atoms with van der Waals surface area (Å²) in [5.74, 6) is -1.01. The molecule has 0 radical (unpaired) electrons. The average molecular weight is 409 g/mol. The van der Waals surface area contributed by atoms with Crippen LogP contribution in [0.4, 0.5) is 0 Å². The zero-order valence-electron chi connectivity index (χ0n) is 16.8. The second-order valence-corrected chi connectivity index (χ2v) is 7.57. The van der Waals surface area contributed by atoms with E-state index in [-0.39, 0.29) is 18.1 Å². The fraction of sp³-hybridized carbons (Fsp3) is 0.348. The average Bonchev–Trinajstić information content (AvgIpc) is 3.15. The number of primary amides is 1. The van der Waals surface area contributed by atoms with E-state index in [4.69, 9.17) is 5.73 Å². The van der Waals surface area contributed by atoms with Crippen LogP contribution < -0.4 is 11.1 Å². The molecule has 0 aromatic heterocycles. The van der Waals surface area contributed by atoms with Crippen molar-refractivity contribution >= 4 is 17.7 Å². The van der Waals surface area contributed by atoms with Gasteiger partial charge < -0.3 is 21.1 Å². The van der Waals surface area contributed by atoms with Gasteiger partial charge in [-0.2, -0.15) is 0 Å². The van der Waals surface area contributed by atoms with E-state index < -0.39 is 23.9 Å². The first-order chi connectivity index (χ1) is 14.4. The van der Waals surface area contributed by atoms with Crippen LogP contribution in [0.15, 0.2) is 54.6 Å². The number of hydrogen-bond donors (Lipinski definition) is 3. The highest BCUT2D eigenvalue weighted by atomic mass is 16.3. The molecule has 1 fully saturated rings. The molecule has 3 rings (SSSR count). The number of carbonyl (C=O) groups excluding carboxylic acids is 3. The van der Waals surface area contributed by atoms with Crippen molar-refractivity contribution in [3.8, 4) is 5.75 Å². The number of amides is 3. The fourth-order valence-electron chi connectivity index (χ4n) is 3.76. The first kappa shape index (κ1) is 21.4. The summed E-state index contributed by atoms with van der Waals surface area (Å²) in [6.07, 6.45) is 2.30. The van der Waals surface area contributed by atoms with E-state index in [1.54, 1.807) is 29.2 Å². The topological polar surface area (TPSA) is 113 Å². The first-order valence-corrected chi connectivity index (χ1v) is 10.1. The van der Waals surface area contributed by atoms with Crippen molar-refractivity contribution in [1.82, 2.24) is 10.2 Å². The molecule has 0 bridgehead atoms. The molecule has 2 atom stereocenters. The summed E-state index contributed by atoms with van der Waals surface area (Å²) in [6, 6.07) is 14.7. The molecule has 3 amide bonds. The maximum Gasteiger partial charge on any atom is 0.243 e. The summed E-state index contributed by atoms with van der Waals surface area (Å²) in [7, 11) is 0. The number of likely N-dealkylation sites (tertiary alicyclic amines) is 1. The maximum absolute atomic E-state index is 13.1. The van der Waals surface area contributed by atoms with Crippen LogP contribution in [0.5, 0.6) is 5.75 Å². The molecule has 7 heteroatoms. The smallest absolute Gasteiger partial charge is 0.243 e. The van der Waals surface area contributed by atoms with Crippen LogP contribution in [-0.2, 0) is 27.2 Å². The number of rotatable bonds is 9. The van der Waals surface area contributed by atoms with E-state index in [1.165, 1.54) is 0 Å². The number of aromatic hydroxyl groups is 1. The zero-order chi connectivity index (χ0) is 21.5. The Balaban J connectivity index is 1.73. The van der Waals surface area contributed by atoms with Crippen LogP contribution in [0.3, 0.4) is 0 Å². The largest absolute Gasteiger partial charge is 0.508 e. The molecule has 0 saturated carbocycles. The van der Waals surface area contributed by atoms with Gasteiger partial charge in [0.05, 0.1) is 0 Å². The van der Waals surface area contributed by atoms with E-state index >= 15 is 0 Å². The van der Waals surface area contributed by atoms with Crippen molar-refractivity contribution in [1.29, 1.82) is 0 Å². The molecule has 0 spiro atoms. The standard InChI is InChI=1S/C23H27N3O4/c24-22(29)19(12-11-16-6-2-1-3-7-16)25-23(30)20(26-13-5-10-21(26)28)15-17-8-4-9-18(27)14-17/h1-4,6-9,14,19-20,27H,5,10-13,15H2,(H2,24,29)(H,25,30)/t19-,20-/m0/s1. The minimum atomic E-state index is -0.831. The molecule has 1 saturated heterocycles. The summed E-state index contributed by atoms with van der Waals surface area (Å²) in [5.41, 5.74) is 7.31. The highest BCUT2D eigenvalue weighted by Crippen LogP contribution is 2.20. The van der Waals surface area contributed by atoms with E-state index in [0.29, 0.717) is 32.2 Å². The second-order valence-electron chi connectivity index (χ2n) is 7.57. The van der Waals surface area contributed by atoms with Crippen LogP contribution in [0, 0.1) is 0 Å². The second kappa shape index (κ2) is 9.91. The number of benzene rings is 2. The van der Waals surface area contributed by atoms with Crippen molar-refractivity contribution < 1.29 is 19.5 Å². The Labute approximate surface area is 175 Å². The van der Waals surface area contributed by atoms with Crippen molar-refractivity contribution in [2.24, 2.45) is 5.73 Å². The lowest BCUT2D eigenvalue weighted by atomic mass is 10.0. The molecule has 1 heterocycles. The quantitative estimate of drug-likeness (QED) is 0.583. The molecule has 1 aliphatic rings. The molecule has 30 heavy (non-hydrogen) atoms. The van der Waals surface area contributed by atoms with Crippen molar-refractivity contribution in [2.75, 3.05) is 6.54 Å². The van der Waals surface area contributed by atoms with E-state index in [0.717, 1.165) is 11.1 Å². The molecule has 0 unspecified atom stereocenters. The minimum Gasteiger partial charge on any atom is -0.508 e. The zero-order valence-corrected chi connectivity index (χ0v) is 16.8. The molecule has 0 aliphatic carbocycles. The highest BCUT2D eigenvalue weighted by Gasteiger charge is 2.34. The van der Waals surface area contributed by atoms with Crippen LogP contribution in [0.1, 0.15) is 30.4 Å². The van der Waals surface area contributed by atoms with Crippen LogP contribution in [-0.4, -0.2) is 46.4 Å². The third kappa shape index (κ3) is 5.59. The normalized spacial score (nSPS) is 15.6. The molecular formula is C23H27N3O4. The summed E-state index contributed by atoms with van der Waals surface area (Å²) < 4.78 is 0. The molecular weight excluding hydrogens is 382 g/mol. The van der Waals surface area contributed by atoms with Crippen molar-refractivity contribution in [3.05, 3.63) is 65.7 Å². The molecule has 2 aromatic carbocycles. The van der Waals surface area contributed by atoms with Gasteiger partial charge in [-0.15, -0.1) is 0 Å². The number of hydrogen-bond acceptors (Lipinski definition) is 4. The number of aryl methyl sites for hydroxylation is 1. The number of nitrogens with zero attached hydrogens (tertiary/aromatic N) is 1. The van der Waals surface area contributed by atoms with Gasteiger partial charge in [-0.1, -0.05) is 42.5 Å². The predicted molar refractivity (Wildman–Crippen MR) is 112 cm³/mol. The first-order valence-electron chi connectivity index (χ1n) is 10.1. The van der Waals surface area contributed by atoms with Gasteiger partial charge in [-0.25, -0.2) is 0 Å². The summed E-state index contributed by atoms with van der Waals surface area (Å²) in [5, 5.41) is 12.5. The number of nitrogens with two attached hydrogens (primary N) is 1. The van der Waals surface area contributed by atoms with Gasteiger partial charge in [0.2, 0.25) is 17.7 Å². The van der Waals surface area contributed by atoms with Gasteiger partial charge in [0.25, 0.3) is 0 Å². The van der Waals surface area contributed by atoms with Gasteiger partial charge in [0.15, 0.2) is 0 Å². The Morgan fingerprint density at radius 2 is 1.83 bits per heavy atom. The lowest BCUT2D eigenvalue weighted by Gasteiger charge is -2.28. The van der Waals surface area contributed by atoms with E-state index in [1.807, 2.05) is 30.3 Å². The Bertz CT molecular complexity index is 900. The number of nitrogens with one attached hydrogen (secondary N) is 1. The highest BCUT2D eigenvalue weighted by molar-refractivity contribution is 5.92. The fourth-order valence-corrected chi connectivity index (χ4v) is 3.76. The lowest BCUT2D eigenvalue weighted by molar-refractivity contribution is -0.138. The molecule has 158 valence electrons. The van der Waals surface area contributed by atoms with Crippen molar-refractivity contribution in [3.63, 3.8) is 0 Å². The summed E-state index contributed by atoms with van der Waals surface area (Å²) in [6.45, 7) is 0.487. The van der Waals surface area contributed by atoms with Gasteiger partial charge >= 0.3 is 0 Å². The van der Waals surface area contributed by atoms with Gasteiger partial charge in [0, 0.05) is 19.4 Å². The van der Waals surface area contributed by atoms with Gasteiger partial charge in [-0.3, -0.25) is 14.4 Å². The number of phenolic OH excluding ortho intramolecular Hbond substituents is 1. The monoisotopic (exact) mass is 409 g/mol. The lowest BCUT2D eigenvalue weighted by Crippen LogP contribution is -2.54. The SMILES string of the molecule is NC(=O)[C@H](CCc1ccccc1)NC(=O)[C@H](Cc1cccc(O)c1)N1CCCC1=O. The van der Waals surface area contributed by atoms with Crippen LogP contribution in [0.25, 0.3) is 0 Å². The van der Waals surface area contributed by atoms with Crippen LogP contribution in [0.2, 0.25) is 0 Å². The molecule has 1 aliphatic heterocycles. The van der Waals surface area contributed by atoms with E-state index in [9.17, 15) is 19.5 Å². The summed E-state index contributed by atoms with van der Waals surface area (Å²) >= 11 is 0. The number of carbonyl (C=O) groups is 3. The molecule has 2 aromatic rings. The number of phenols is 1. The molecule has 7 nitrogen and oxygen atoms in total. The maximum atomic E-state index is 13.1. The Hall–Kier alpha value is -3.35. The third-order valence-corrected chi connectivity index (χ3v) is 5.35. The Morgan fingerprint density at radius 1 is 1.10 bits per heavy atom. The van der Waals surface area contributed by atoms with E-state index in [2.05, 4.69) is 5.32 Å². The Kier molecular flexibility index (Phi) is 7.06. The van der Waals surface area contributed by atoms with Gasteiger partial charge in [0.1, 0.15) is 17.8 Å². The van der Waals surface area contributed by atoms with Crippen LogP contribution >= 0.6 is 0 Å².